The molecule has 1 fully saturated rings. The lowest BCUT2D eigenvalue weighted by molar-refractivity contribution is -0.140. The second-order valence-electron chi connectivity index (χ2n) is 6.75. The van der Waals surface area contributed by atoms with Crippen molar-refractivity contribution < 1.29 is 23.5 Å². The number of carbonyl (C=O) groups is 2. The van der Waals surface area contributed by atoms with E-state index in [-0.39, 0.29) is 16.9 Å². The monoisotopic (exact) mass is 372 g/mol. The number of halogens is 1. The van der Waals surface area contributed by atoms with Gasteiger partial charge in [0.25, 0.3) is 11.7 Å². The summed E-state index contributed by atoms with van der Waals surface area (Å²) in [6.45, 7) is 2.59. The first-order valence-electron chi connectivity index (χ1n) is 8.55. The zero-order valence-electron chi connectivity index (χ0n) is 15.4. The van der Waals surface area contributed by atoms with Crippen molar-refractivity contribution in [1.29, 1.82) is 0 Å². The number of ketones is 1. The summed E-state index contributed by atoms with van der Waals surface area (Å²) in [5.41, 5.74) is 0.204. The minimum absolute atomic E-state index is 0.0558. The van der Waals surface area contributed by atoms with Gasteiger partial charge in [-0.3, -0.25) is 9.59 Å². The quantitative estimate of drug-likeness (QED) is 0.496. The van der Waals surface area contributed by atoms with Gasteiger partial charge >= 0.3 is 0 Å². The molecule has 1 amide bonds. The lowest BCUT2D eigenvalue weighted by atomic mass is 9.99. The van der Waals surface area contributed by atoms with E-state index in [1.54, 1.807) is 19.1 Å². The molecule has 0 radical (unpaired) electrons. The second kappa shape index (κ2) is 7.36. The largest absolute Gasteiger partial charge is 0.507 e. The van der Waals surface area contributed by atoms with Gasteiger partial charge in [-0.2, -0.15) is 0 Å². The molecular formula is C20H21FN2O4. The summed E-state index contributed by atoms with van der Waals surface area (Å²) < 4.78 is 18.9. The van der Waals surface area contributed by atoms with Gasteiger partial charge < -0.3 is 19.3 Å². The van der Waals surface area contributed by atoms with Crippen LogP contribution in [0, 0.1) is 12.7 Å². The number of likely N-dealkylation sites (N-methyl/N-ethyl adjacent to an activating group) is 1. The first kappa shape index (κ1) is 18.8. The molecule has 0 aliphatic carbocycles. The average molecular weight is 372 g/mol. The standard InChI is InChI=1S/C20H21FN2O4/c1-12-4-9-15(27-12)17-16(18(24)13-5-7-14(21)8-6-13)19(25)20(26)23(17)11-10-22(2)3/h4-9,17,24H,10-11H2,1-3H3/b18-16-. The van der Waals surface area contributed by atoms with Gasteiger partial charge in [-0.05, 0) is 57.4 Å². The fourth-order valence-electron chi connectivity index (χ4n) is 3.08. The normalized spacial score (nSPS) is 19.3. The number of likely N-dealkylation sites (tertiary alicyclic amines) is 1. The van der Waals surface area contributed by atoms with E-state index in [1.165, 1.54) is 29.2 Å². The van der Waals surface area contributed by atoms with Crippen molar-refractivity contribution >= 4 is 17.4 Å². The van der Waals surface area contributed by atoms with E-state index in [0.717, 1.165) is 0 Å². The SMILES string of the molecule is Cc1ccc(C2/C(=C(/O)c3ccc(F)cc3)C(=O)C(=O)N2CCN(C)C)o1. The van der Waals surface area contributed by atoms with Crippen LogP contribution in [0.1, 0.15) is 23.1 Å². The smallest absolute Gasteiger partial charge is 0.295 e. The Balaban J connectivity index is 2.11. The molecule has 1 unspecified atom stereocenters. The number of benzene rings is 1. The highest BCUT2D eigenvalue weighted by molar-refractivity contribution is 6.46. The van der Waals surface area contributed by atoms with E-state index in [4.69, 9.17) is 4.42 Å². The highest BCUT2D eigenvalue weighted by Gasteiger charge is 2.47. The van der Waals surface area contributed by atoms with Gasteiger partial charge in [-0.15, -0.1) is 0 Å². The summed E-state index contributed by atoms with van der Waals surface area (Å²) in [7, 11) is 3.72. The Morgan fingerprint density at radius 2 is 1.85 bits per heavy atom. The third-order valence-electron chi connectivity index (χ3n) is 4.48. The van der Waals surface area contributed by atoms with Gasteiger partial charge in [0.2, 0.25) is 0 Å². The Morgan fingerprint density at radius 1 is 1.19 bits per heavy atom. The molecule has 7 heteroatoms. The van der Waals surface area contributed by atoms with Gasteiger partial charge in [0.1, 0.15) is 29.1 Å². The van der Waals surface area contributed by atoms with Crippen LogP contribution in [0.3, 0.4) is 0 Å². The first-order valence-corrected chi connectivity index (χ1v) is 8.55. The Morgan fingerprint density at radius 3 is 2.41 bits per heavy atom. The number of nitrogens with zero attached hydrogens (tertiary/aromatic N) is 2. The number of aryl methyl sites for hydroxylation is 1. The summed E-state index contributed by atoms with van der Waals surface area (Å²) in [4.78, 5) is 28.6. The maximum absolute atomic E-state index is 13.2. The van der Waals surface area contributed by atoms with Crippen LogP contribution in [0.5, 0.6) is 0 Å². The molecule has 27 heavy (non-hydrogen) atoms. The third kappa shape index (κ3) is 3.64. The van der Waals surface area contributed by atoms with Crippen LogP contribution in [-0.4, -0.2) is 53.8 Å². The Hall–Kier alpha value is -2.93. The van der Waals surface area contributed by atoms with Gasteiger partial charge in [0.05, 0.1) is 5.57 Å². The van der Waals surface area contributed by atoms with Crippen LogP contribution in [0.2, 0.25) is 0 Å². The fourth-order valence-corrected chi connectivity index (χ4v) is 3.08. The summed E-state index contributed by atoms with van der Waals surface area (Å²) in [6.07, 6.45) is 0. The molecule has 6 nitrogen and oxygen atoms in total. The first-order chi connectivity index (χ1) is 12.8. The van der Waals surface area contributed by atoms with E-state index in [0.29, 0.717) is 24.6 Å². The summed E-state index contributed by atoms with van der Waals surface area (Å²) >= 11 is 0. The maximum Gasteiger partial charge on any atom is 0.295 e. The summed E-state index contributed by atoms with van der Waals surface area (Å²) in [5, 5.41) is 10.7. The zero-order chi connectivity index (χ0) is 19.7. The second-order valence-corrected chi connectivity index (χ2v) is 6.75. The number of rotatable bonds is 5. The molecule has 1 aromatic carbocycles. The van der Waals surface area contributed by atoms with Crippen molar-refractivity contribution in [3.8, 4) is 0 Å². The van der Waals surface area contributed by atoms with E-state index in [1.807, 2.05) is 19.0 Å². The van der Waals surface area contributed by atoms with Crippen molar-refractivity contribution in [2.24, 2.45) is 0 Å². The lowest BCUT2D eigenvalue weighted by Gasteiger charge is -2.24. The topological polar surface area (TPSA) is 74.0 Å². The molecular weight excluding hydrogens is 351 g/mol. The van der Waals surface area contributed by atoms with Crippen molar-refractivity contribution in [2.75, 3.05) is 27.2 Å². The van der Waals surface area contributed by atoms with Gasteiger partial charge in [0.15, 0.2) is 0 Å². The minimum atomic E-state index is -0.830. The molecule has 0 spiro atoms. The number of hydrogen-bond donors (Lipinski definition) is 1. The molecule has 3 rings (SSSR count). The number of furan rings is 1. The predicted molar refractivity (Wildman–Crippen MR) is 97.4 cm³/mol. The molecule has 1 atom stereocenters. The average Bonchev–Trinajstić information content (AvgIpc) is 3.15. The van der Waals surface area contributed by atoms with Crippen molar-refractivity contribution in [3.63, 3.8) is 0 Å². The number of Topliss-reactive ketones (excluding diaryl/α,β-unsaturated/α-hetero) is 1. The van der Waals surface area contributed by atoms with Gasteiger partial charge in [-0.25, -0.2) is 4.39 Å². The van der Waals surface area contributed by atoms with Crippen LogP contribution in [0.25, 0.3) is 5.76 Å². The highest BCUT2D eigenvalue weighted by Crippen LogP contribution is 2.39. The predicted octanol–water partition coefficient (Wildman–Crippen LogP) is 2.71. The third-order valence-corrected chi connectivity index (χ3v) is 4.48. The molecule has 2 heterocycles. The molecule has 1 saturated heterocycles. The van der Waals surface area contributed by atoms with Gasteiger partial charge in [-0.1, -0.05) is 0 Å². The Bertz CT molecular complexity index is 899. The lowest BCUT2D eigenvalue weighted by Crippen LogP contribution is -2.35. The number of hydrogen-bond acceptors (Lipinski definition) is 5. The van der Waals surface area contributed by atoms with Crippen molar-refractivity contribution in [3.05, 3.63) is 64.9 Å². The summed E-state index contributed by atoms with van der Waals surface area (Å²) in [6, 6.07) is 7.69. The van der Waals surface area contributed by atoms with Crippen LogP contribution in [-0.2, 0) is 9.59 Å². The Labute approximate surface area is 156 Å². The van der Waals surface area contributed by atoms with Crippen molar-refractivity contribution in [2.45, 2.75) is 13.0 Å². The van der Waals surface area contributed by atoms with Gasteiger partial charge in [0, 0.05) is 18.7 Å². The zero-order valence-corrected chi connectivity index (χ0v) is 15.4. The van der Waals surface area contributed by atoms with E-state index in [9.17, 15) is 19.1 Å². The molecule has 1 aliphatic rings. The van der Waals surface area contributed by atoms with E-state index < -0.39 is 23.5 Å². The Kier molecular flexibility index (Phi) is 5.14. The molecule has 0 bridgehead atoms. The maximum atomic E-state index is 13.2. The minimum Gasteiger partial charge on any atom is -0.507 e. The molecule has 2 aromatic rings. The number of aliphatic hydroxyl groups is 1. The van der Waals surface area contributed by atoms with Crippen LogP contribution in [0.4, 0.5) is 4.39 Å². The van der Waals surface area contributed by atoms with Crippen molar-refractivity contribution in [1.82, 2.24) is 9.80 Å². The molecule has 1 N–H and O–H groups in total. The van der Waals surface area contributed by atoms with Crippen LogP contribution < -0.4 is 0 Å². The van der Waals surface area contributed by atoms with Crippen LogP contribution in [0.15, 0.2) is 46.4 Å². The summed E-state index contributed by atoms with van der Waals surface area (Å²) in [5.74, 6) is -1.26. The highest BCUT2D eigenvalue weighted by atomic mass is 19.1. The van der Waals surface area contributed by atoms with E-state index in [2.05, 4.69) is 0 Å². The molecule has 142 valence electrons. The molecule has 1 aliphatic heterocycles. The number of aliphatic hydroxyl groups excluding tert-OH is 1. The van der Waals surface area contributed by atoms with Crippen LogP contribution >= 0.6 is 0 Å². The van der Waals surface area contributed by atoms with E-state index >= 15 is 0 Å². The molecule has 0 saturated carbocycles. The number of carbonyl (C=O) groups excluding carboxylic acids is 2. The fraction of sp³-hybridized carbons (Fsp3) is 0.300. The number of amides is 1. The molecule has 1 aromatic heterocycles.